The lowest BCUT2D eigenvalue weighted by Crippen LogP contribution is -2.06. The van der Waals surface area contributed by atoms with E-state index in [1.54, 1.807) is 0 Å². The van der Waals surface area contributed by atoms with Gasteiger partial charge in [-0.3, -0.25) is 0 Å². The third-order valence-electron chi connectivity index (χ3n) is 12.7. The number of allylic oxidation sites excluding steroid dienone is 8. The lowest BCUT2D eigenvalue weighted by Gasteiger charge is -2.21. The minimum absolute atomic E-state index is 0.564. The second kappa shape index (κ2) is 18.2. The van der Waals surface area contributed by atoms with Crippen molar-refractivity contribution in [3.05, 3.63) is 261 Å². The van der Waals surface area contributed by atoms with Gasteiger partial charge in [-0.15, -0.1) is 0 Å². The summed E-state index contributed by atoms with van der Waals surface area (Å²) in [5.41, 5.74) is 14.5. The molecular weight excluding hydrogens is 827 g/mol. The summed E-state index contributed by atoms with van der Waals surface area (Å²) in [6.45, 7) is 10.6. The molecule has 5 heteroatoms. The average molecular weight is 874 g/mol. The monoisotopic (exact) mass is 873 g/mol. The summed E-state index contributed by atoms with van der Waals surface area (Å²) in [5, 5.41) is 4.78. The first-order valence-electron chi connectivity index (χ1n) is 23.0. The van der Waals surface area contributed by atoms with Gasteiger partial charge in [0.25, 0.3) is 0 Å². The van der Waals surface area contributed by atoms with E-state index in [9.17, 15) is 0 Å². The van der Waals surface area contributed by atoms with E-state index in [-0.39, 0.29) is 0 Å². The Hall–Kier alpha value is -8.93. The topological polar surface area (TPSA) is 48.5 Å². The van der Waals surface area contributed by atoms with Gasteiger partial charge in [-0.1, -0.05) is 195 Å². The van der Waals surface area contributed by atoms with Crippen LogP contribution in [0.5, 0.6) is 0 Å². The van der Waals surface area contributed by atoms with Crippen LogP contribution in [0.2, 0.25) is 0 Å². The van der Waals surface area contributed by atoms with Crippen molar-refractivity contribution in [1.82, 2.24) is 24.1 Å². The zero-order chi connectivity index (χ0) is 46.0. The minimum atomic E-state index is 0.564. The van der Waals surface area contributed by atoms with Crippen LogP contribution in [0.4, 0.5) is 0 Å². The molecule has 0 fully saturated rings. The van der Waals surface area contributed by atoms with E-state index in [0.717, 1.165) is 78.8 Å². The van der Waals surface area contributed by atoms with Crippen LogP contribution in [0.25, 0.3) is 100 Å². The lowest BCUT2D eigenvalue weighted by atomic mass is 9.92. The van der Waals surface area contributed by atoms with Crippen LogP contribution in [-0.4, -0.2) is 24.1 Å². The Kier molecular flexibility index (Phi) is 11.1. The summed E-state index contributed by atoms with van der Waals surface area (Å²) < 4.78 is 4.84. The Bertz CT molecular complexity index is 3780. The van der Waals surface area contributed by atoms with Crippen molar-refractivity contribution < 1.29 is 0 Å². The Balaban J connectivity index is 1.21. The molecule has 0 unspecified atom stereocenters. The van der Waals surface area contributed by atoms with Crippen molar-refractivity contribution >= 4 is 54.8 Å². The van der Waals surface area contributed by atoms with Gasteiger partial charge < -0.3 is 9.13 Å². The van der Waals surface area contributed by atoms with Gasteiger partial charge >= 0.3 is 0 Å². The van der Waals surface area contributed by atoms with Crippen LogP contribution >= 0.6 is 0 Å². The maximum absolute atomic E-state index is 5.30. The Morgan fingerprint density at radius 2 is 1.06 bits per heavy atom. The number of para-hydroxylation sites is 3. The van der Waals surface area contributed by atoms with E-state index in [2.05, 4.69) is 198 Å². The summed E-state index contributed by atoms with van der Waals surface area (Å²) in [6, 6.07) is 68.5. The van der Waals surface area contributed by atoms with E-state index in [0.29, 0.717) is 17.5 Å². The molecule has 8 aromatic carbocycles. The molecule has 0 spiro atoms. The number of hydrogen-bond donors (Lipinski definition) is 0. The molecule has 3 heterocycles. The van der Waals surface area contributed by atoms with Crippen molar-refractivity contribution in [2.45, 2.75) is 13.3 Å². The highest BCUT2D eigenvalue weighted by molar-refractivity contribution is 6.29. The van der Waals surface area contributed by atoms with Gasteiger partial charge in [0, 0.05) is 55.1 Å². The number of hydrogen-bond acceptors (Lipinski definition) is 3. The zero-order valence-corrected chi connectivity index (χ0v) is 37.8. The van der Waals surface area contributed by atoms with Gasteiger partial charge in [0.05, 0.1) is 27.8 Å². The average Bonchev–Trinajstić information content (AvgIpc) is 3.92. The SMILES string of the molecule is C=C/C=C(\C=C)c1cc(-c2nc(C(/C=C\Cc3ccccc3)=C/C)nc(-c3ccccc3)n2)cc(-c2ccccc2)c1-n1c2ccccc2c2c3c4ccccc4n(-c4ccccc4)c3ccc21. The molecule has 0 atom stereocenters. The largest absolute Gasteiger partial charge is 0.309 e. The highest BCUT2D eigenvalue weighted by Gasteiger charge is 2.25. The highest BCUT2D eigenvalue weighted by Crippen LogP contribution is 2.46. The molecule has 0 aliphatic heterocycles. The summed E-state index contributed by atoms with van der Waals surface area (Å²) in [7, 11) is 0. The molecule has 3 aromatic heterocycles. The lowest BCUT2D eigenvalue weighted by molar-refractivity contribution is 1.04. The molecule has 324 valence electrons. The third kappa shape index (κ3) is 7.46. The number of nitrogens with zero attached hydrogens (tertiary/aromatic N) is 5. The zero-order valence-electron chi connectivity index (χ0n) is 37.8. The standard InChI is InChI=1S/C63H47N5/c1-4-24-44(5-2)52-41-48(63-65-61(64-62(66-63)47-30-15-9-16-31-47)45(6-3)32-23-27-43-25-11-7-12-26-43)42-53(46-28-13-8-14-29-46)60(52)68-55-38-22-20-36-51(55)59-57(68)40-39-56-58(59)50-35-19-21-37-54(50)67(56)49-33-17-10-18-34-49/h4-26,28-42H,1-2,27H2,3H3/b32-23-,44-24+,45-6+. The van der Waals surface area contributed by atoms with E-state index >= 15 is 0 Å². The predicted octanol–water partition coefficient (Wildman–Crippen LogP) is 16.0. The highest BCUT2D eigenvalue weighted by atomic mass is 15.0. The van der Waals surface area contributed by atoms with Gasteiger partial charge in [-0.2, -0.15) is 0 Å². The molecule has 0 saturated carbocycles. The van der Waals surface area contributed by atoms with Gasteiger partial charge in [-0.25, -0.2) is 15.0 Å². The molecule has 0 N–H and O–H groups in total. The van der Waals surface area contributed by atoms with Crippen molar-refractivity contribution in [3.63, 3.8) is 0 Å². The predicted molar refractivity (Wildman–Crippen MR) is 286 cm³/mol. The van der Waals surface area contributed by atoms with Crippen molar-refractivity contribution in [2.75, 3.05) is 0 Å². The number of benzene rings is 8. The molecular formula is C63H47N5. The third-order valence-corrected chi connectivity index (χ3v) is 12.7. The van der Waals surface area contributed by atoms with Crippen molar-refractivity contribution in [3.8, 4) is 45.3 Å². The smallest absolute Gasteiger partial charge is 0.164 e. The Labute approximate surface area is 396 Å². The van der Waals surface area contributed by atoms with Crippen LogP contribution in [0.1, 0.15) is 23.9 Å². The van der Waals surface area contributed by atoms with E-state index in [1.165, 1.54) is 27.1 Å². The maximum atomic E-state index is 5.30. The molecule has 0 amide bonds. The van der Waals surface area contributed by atoms with Gasteiger partial charge in [0.1, 0.15) is 0 Å². The van der Waals surface area contributed by atoms with E-state index in [4.69, 9.17) is 15.0 Å². The summed E-state index contributed by atoms with van der Waals surface area (Å²) in [6.07, 6.45) is 12.9. The fourth-order valence-electron chi connectivity index (χ4n) is 9.66. The van der Waals surface area contributed by atoms with Gasteiger partial charge in [0.15, 0.2) is 17.5 Å². The van der Waals surface area contributed by atoms with Gasteiger partial charge in [0.2, 0.25) is 0 Å². The van der Waals surface area contributed by atoms with Crippen LogP contribution < -0.4 is 0 Å². The normalized spacial score (nSPS) is 12.2. The molecule has 11 aromatic rings. The summed E-state index contributed by atoms with van der Waals surface area (Å²) in [5.74, 6) is 1.76. The van der Waals surface area contributed by atoms with Crippen molar-refractivity contribution in [1.29, 1.82) is 0 Å². The fourth-order valence-corrected chi connectivity index (χ4v) is 9.66. The minimum Gasteiger partial charge on any atom is -0.309 e. The second-order valence-corrected chi connectivity index (χ2v) is 16.8. The first kappa shape index (κ1) is 41.8. The molecule has 68 heavy (non-hydrogen) atoms. The Morgan fingerprint density at radius 3 is 1.68 bits per heavy atom. The van der Waals surface area contributed by atoms with Crippen LogP contribution in [0, 0.1) is 0 Å². The molecule has 0 saturated heterocycles. The van der Waals surface area contributed by atoms with Crippen molar-refractivity contribution in [2.24, 2.45) is 0 Å². The quantitative estimate of drug-likeness (QED) is 0.115. The van der Waals surface area contributed by atoms with Crippen LogP contribution in [-0.2, 0) is 6.42 Å². The molecule has 0 bridgehead atoms. The number of aromatic nitrogens is 5. The molecule has 5 nitrogen and oxygen atoms in total. The van der Waals surface area contributed by atoms with E-state index < -0.39 is 0 Å². The fraction of sp³-hybridized carbons (Fsp3) is 0.0317. The summed E-state index contributed by atoms with van der Waals surface area (Å²) in [4.78, 5) is 15.7. The molecule has 0 aliphatic rings. The molecule has 11 rings (SSSR count). The number of fused-ring (bicyclic) bond motifs is 7. The van der Waals surface area contributed by atoms with Gasteiger partial charge in [-0.05, 0) is 78.6 Å². The first-order chi connectivity index (χ1) is 33.6. The number of rotatable bonds is 12. The Morgan fingerprint density at radius 1 is 0.515 bits per heavy atom. The van der Waals surface area contributed by atoms with E-state index in [1.807, 2.05) is 61.5 Å². The van der Waals surface area contributed by atoms with Crippen LogP contribution in [0.3, 0.4) is 0 Å². The molecule has 0 aliphatic carbocycles. The van der Waals surface area contributed by atoms with Crippen LogP contribution in [0.15, 0.2) is 244 Å². The first-order valence-corrected chi connectivity index (χ1v) is 23.0. The molecule has 0 radical (unpaired) electrons. The summed E-state index contributed by atoms with van der Waals surface area (Å²) >= 11 is 0. The maximum Gasteiger partial charge on any atom is 0.164 e. The second-order valence-electron chi connectivity index (χ2n) is 16.8.